The largest absolute Gasteiger partial charge is 0.507 e. The van der Waals surface area contributed by atoms with E-state index in [0.717, 1.165) is 4.47 Å². The van der Waals surface area contributed by atoms with Crippen LogP contribution in [0.3, 0.4) is 0 Å². The highest BCUT2D eigenvalue weighted by Gasteiger charge is 1.97. The number of benzene rings is 1. The Morgan fingerprint density at radius 2 is 2.15 bits per heavy atom. The zero-order valence-electron chi connectivity index (χ0n) is 7.53. The number of hydrogen-bond donors (Lipinski definition) is 1. The fraction of sp³-hybridized carbons (Fsp3) is 0.222. The van der Waals surface area contributed by atoms with Gasteiger partial charge in [-0.05, 0) is 18.2 Å². The Morgan fingerprint density at radius 1 is 1.46 bits per heavy atom. The van der Waals surface area contributed by atoms with E-state index in [1.54, 1.807) is 23.4 Å². The highest BCUT2D eigenvalue weighted by atomic mass is 79.9. The maximum Gasteiger partial charge on any atom is 0.124 e. The number of nitrogens with zero attached hydrogens (tertiary/aromatic N) is 2. The van der Waals surface area contributed by atoms with Crippen LogP contribution < -0.4 is 0 Å². The van der Waals surface area contributed by atoms with Gasteiger partial charge < -0.3 is 10.1 Å². The van der Waals surface area contributed by atoms with Gasteiger partial charge in [0, 0.05) is 24.1 Å². The molecular formula is C9H11BrN2O. The van der Waals surface area contributed by atoms with Crippen LogP contribution in [-0.4, -0.2) is 30.4 Å². The van der Waals surface area contributed by atoms with Gasteiger partial charge in [0.25, 0.3) is 0 Å². The fourth-order valence-electron chi connectivity index (χ4n) is 0.806. The molecule has 0 saturated carbocycles. The zero-order chi connectivity index (χ0) is 9.84. The first-order valence-corrected chi connectivity index (χ1v) is 4.58. The van der Waals surface area contributed by atoms with Gasteiger partial charge in [-0.2, -0.15) is 5.10 Å². The molecule has 1 rings (SSSR count). The van der Waals surface area contributed by atoms with E-state index in [9.17, 15) is 5.11 Å². The van der Waals surface area contributed by atoms with Crippen molar-refractivity contribution in [2.45, 2.75) is 0 Å². The lowest BCUT2D eigenvalue weighted by molar-refractivity contribution is 0.439. The molecule has 0 aliphatic heterocycles. The van der Waals surface area contributed by atoms with E-state index in [1.807, 2.05) is 20.2 Å². The van der Waals surface area contributed by atoms with Crippen LogP contribution in [0.5, 0.6) is 5.75 Å². The number of halogens is 1. The molecule has 0 fully saturated rings. The molecule has 0 spiro atoms. The van der Waals surface area contributed by atoms with Gasteiger partial charge in [-0.25, -0.2) is 0 Å². The van der Waals surface area contributed by atoms with Crippen molar-refractivity contribution < 1.29 is 5.11 Å². The summed E-state index contributed by atoms with van der Waals surface area (Å²) < 4.78 is 0.922. The number of hydrazone groups is 1. The Balaban J connectivity index is 2.93. The van der Waals surface area contributed by atoms with Gasteiger partial charge in [0.05, 0.1) is 6.21 Å². The van der Waals surface area contributed by atoms with Gasteiger partial charge >= 0.3 is 0 Å². The Kier molecular flexibility index (Phi) is 3.31. The Bertz CT molecular complexity index is 323. The molecule has 0 saturated heterocycles. The van der Waals surface area contributed by atoms with Crippen molar-refractivity contribution in [3.05, 3.63) is 28.2 Å². The molecule has 3 nitrogen and oxygen atoms in total. The van der Waals surface area contributed by atoms with E-state index < -0.39 is 0 Å². The van der Waals surface area contributed by atoms with Crippen molar-refractivity contribution in [3.8, 4) is 5.75 Å². The lowest BCUT2D eigenvalue weighted by Crippen LogP contribution is -2.01. The number of hydrogen-bond acceptors (Lipinski definition) is 3. The number of phenols is 1. The van der Waals surface area contributed by atoms with Crippen molar-refractivity contribution in [2.75, 3.05) is 14.1 Å². The van der Waals surface area contributed by atoms with E-state index in [-0.39, 0.29) is 5.75 Å². The molecule has 0 atom stereocenters. The molecule has 0 bridgehead atoms. The summed E-state index contributed by atoms with van der Waals surface area (Å²) in [4.78, 5) is 0. The highest BCUT2D eigenvalue weighted by molar-refractivity contribution is 9.10. The number of phenolic OH excluding ortho intramolecular Hbond substituents is 1. The lowest BCUT2D eigenvalue weighted by Gasteiger charge is -2.03. The second-order valence-corrected chi connectivity index (χ2v) is 3.71. The standard InChI is InChI=1S/C9H11BrN2O/c1-12(2)11-6-7-5-8(10)3-4-9(7)13/h3-6,13H,1-2H3/b11-6-. The summed E-state index contributed by atoms with van der Waals surface area (Å²) in [6.45, 7) is 0. The van der Waals surface area contributed by atoms with Crippen LogP contribution >= 0.6 is 15.9 Å². The lowest BCUT2D eigenvalue weighted by atomic mass is 10.2. The molecular weight excluding hydrogens is 232 g/mol. The molecule has 0 radical (unpaired) electrons. The average molecular weight is 243 g/mol. The second-order valence-electron chi connectivity index (χ2n) is 2.79. The SMILES string of the molecule is CN(C)/N=C\c1cc(Br)ccc1O. The van der Waals surface area contributed by atoms with Gasteiger partial charge in [-0.3, -0.25) is 0 Å². The molecule has 0 aliphatic rings. The van der Waals surface area contributed by atoms with E-state index >= 15 is 0 Å². The van der Waals surface area contributed by atoms with Crippen LogP contribution in [0.25, 0.3) is 0 Å². The summed E-state index contributed by atoms with van der Waals surface area (Å²) in [7, 11) is 3.65. The van der Waals surface area contributed by atoms with Gasteiger partial charge in [-0.15, -0.1) is 0 Å². The van der Waals surface area contributed by atoms with Crippen molar-refractivity contribution in [1.29, 1.82) is 0 Å². The summed E-state index contributed by atoms with van der Waals surface area (Å²) >= 11 is 3.32. The first-order valence-electron chi connectivity index (χ1n) is 3.79. The third kappa shape index (κ3) is 3.06. The Labute approximate surface area is 85.8 Å². The molecule has 1 aromatic carbocycles. The molecule has 0 aromatic heterocycles. The smallest absolute Gasteiger partial charge is 0.124 e. The predicted octanol–water partition coefficient (Wildman–Crippen LogP) is 2.05. The monoisotopic (exact) mass is 242 g/mol. The van der Waals surface area contributed by atoms with Crippen molar-refractivity contribution in [3.63, 3.8) is 0 Å². The van der Waals surface area contributed by atoms with Crippen molar-refractivity contribution in [2.24, 2.45) is 5.10 Å². The second kappa shape index (κ2) is 4.28. The minimum atomic E-state index is 0.230. The molecule has 0 amide bonds. The third-order valence-corrected chi connectivity index (χ3v) is 1.91. The topological polar surface area (TPSA) is 35.8 Å². The molecule has 13 heavy (non-hydrogen) atoms. The van der Waals surface area contributed by atoms with Crippen LogP contribution in [0.2, 0.25) is 0 Å². The zero-order valence-corrected chi connectivity index (χ0v) is 9.12. The van der Waals surface area contributed by atoms with Crippen LogP contribution in [0.4, 0.5) is 0 Å². The van der Waals surface area contributed by atoms with Crippen LogP contribution in [-0.2, 0) is 0 Å². The van der Waals surface area contributed by atoms with Crippen molar-refractivity contribution in [1.82, 2.24) is 5.01 Å². The normalized spacial score (nSPS) is 10.7. The summed E-state index contributed by atoms with van der Waals surface area (Å²) in [5, 5.41) is 15.1. The van der Waals surface area contributed by atoms with E-state index in [4.69, 9.17) is 0 Å². The quantitative estimate of drug-likeness (QED) is 0.637. The molecule has 0 unspecified atom stereocenters. The average Bonchev–Trinajstić information content (AvgIpc) is 2.06. The van der Waals surface area contributed by atoms with Crippen molar-refractivity contribution >= 4 is 22.1 Å². The first-order chi connectivity index (χ1) is 6.09. The van der Waals surface area contributed by atoms with Crippen LogP contribution in [0, 0.1) is 0 Å². The van der Waals surface area contributed by atoms with Gasteiger partial charge in [0.1, 0.15) is 5.75 Å². The summed E-state index contributed by atoms with van der Waals surface area (Å²) in [6.07, 6.45) is 1.61. The number of aromatic hydroxyl groups is 1. The van der Waals surface area contributed by atoms with E-state index in [2.05, 4.69) is 21.0 Å². The minimum absolute atomic E-state index is 0.230. The maximum atomic E-state index is 9.42. The molecule has 0 aliphatic carbocycles. The van der Waals surface area contributed by atoms with Crippen LogP contribution in [0.15, 0.2) is 27.8 Å². The highest BCUT2D eigenvalue weighted by Crippen LogP contribution is 2.19. The maximum absolute atomic E-state index is 9.42. The minimum Gasteiger partial charge on any atom is -0.507 e. The van der Waals surface area contributed by atoms with Gasteiger partial charge in [-0.1, -0.05) is 15.9 Å². The van der Waals surface area contributed by atoms with Gasteiger partial charge in [0.2, 0.25) is 0 Å². The Hall–Kier alpha value is -1.03. The Morgan fingerprint density at radius 3 is 2.77 bits per heavy atom. The summed E-state index contributed by atoms with van der Waals surface area (Å²) in [5.41, 5.74) is 0.697. The summed E-state index contributed by atoms with van der Waals surface area (Å²) in [6, 6.07) is 5.21. The molecule has 1 aromatic rings. The van der Waals surface area contributed by atoms with E-state index in [1.165, 1.54) is 0 Å². The molecule has 1 N–H and O–H groups in total. The molecule has 4 heteroatoms. The third-order valence-electron chi connectivity index (χ3n) is 1.42. The van der Waals surface area contributed by atoms with Gasteiger partial charge in [0.15, 0.2) is 0 Å². The fourth-order valence-corrected chi connectivity index (χ4v) is 1.19. The summed E-state index contributed by atoms with van der Waals surface area (Å²) in [5.74, 6) is 0.230. The van der Waals surface area contributed by atoms with Crippen LogP contribution in [0.1, 0.15) is 5.56 Å². The number of rotatable bonds is 2. The molecule has 0 heterocycles. The molecule has 70 valence electrons. The predicted molar refractivity (Wildman–Crippen MR) is 57.1 cm³/mol. The van der Waals surface area contributed by atoms with E-state index in [0.29, 0.717) is 5.56 Å². The first kappa shape index (κ1) is 10.1.